The summed E-state index contributed by atoms with van der Waals surface area (Å²) >= 11 is 0. The number of aliphatic hydroxyl groups excluding tert-OH is 1. The van der Waals surface area contributed by atoms with Crippen LogP contribution in [0, 0.1) is 0 Å². The molecule has 0 heterocycles. The molecule has 3 N–H and O–H groups in total. The first kappa shape index (κ1) is 72.7. The predicted molar refractivity (Wildman–Crippen MR) is 323 cm³/mol. The summed E-state index contributed by atoms with van der Waals surface area (Å²) in [6.07, 6.45) is 73.7. The van der Waals surface area contributed by atoms with Crippen molar-refractivity contribution in [2.75, 3.05) is 40.9 Å². The molecule has 3 atom stereocenters. The highest BCUT2D eigenvalue weighted by atomic mass is 31.2. The first-order valence-electron chi connectivity index (χ1n) is 32.4. The average molecular weight is 1060 g/mol. The smallest absolute Gasteiger partial charge is 0.391 e. The second-order valence-electron chi connectivity index (χ2n) is 23.5. The molecule has 9 heteroatoms. The third-order valence-corrected chi connectivity index (χ3v) is 15.9. The van der Waals surface area contributed by atoms with Gasteiger partial charge in [-0.05, 0) is 51.4 Å². The number of phosphoric ester groups is 1. The summed E-state index contributed by atoms with van der Waals surface area (Å²) < 4.78 is 23.8. The number of phosphoric acid groups is 1. The van der Waals surface area contributed by atoms with E-state index in [1.807, 2.05) is 21.1 Å². The van der Waals surface area contributed by atoms with Crippen LogP contribution in [0.15, 0.2) is 36.5 Å². The molecular weight excluding hydrogens is 936 g/mol. The number of quaternary nitrogens is 1. The van der Waals surface area contributed by atoms with Crippen LogP contribution in [0.2, 0.25) is 0 Å². The van der Waals surface area contributed by atoms with Gasteiger partial charge in [0.15, 0.2) is 0 Å². The second-order valence-corrected chi connectivity index (χ2v) is 25.0. The highest BCUT2D eigenvalue weighted by Crippen LogP contribution is 2.43. The molecule has 0 aliphatic carbocycles. The van der Waals surface area contributed by atoms with Gasteiger partial charge in [-0.2, -0.15) is 0 Å². The van der Waals surface area contributed by atoms with E-state index in [0.29, 0.717) is 23.9 Å². The van der Waals surface area contributed by atoms with E-state index in [0.717, 1.165) is 64.2 Å². The Labute approximate surface area is 461 Å². The average Bonchev–Trinajstić information content (AvgIpc) is 3.36. The summed E-state index contributed by atoms with van der Waals surface area (Å²) in [6.45, 7) is 4.91. The van der Waals surface area contributed by atoms with E-state index < -0.39 is 20.0 Å². The van der Waals surface area contributed by atoms with Gasteiger partial charge in [0.05, 0.1) is 39.9 Å². The number of unbranched alkanes of at least 4 members (excludes halogenated alkanes) is 41. The lowest BCUT2D eigenvalue weighted by Gasteiger charge is -2.26. The van der Waals surface area contributed by atoms with Crippen molar-refractivity contribution >= 4 is 13.7 Å². The van der Waals surface area contributed by atoms with Gasteiger partial charge >= 0.3 is 7.82 Å². The molecule has 0 saturated carbocycles. The Hall–Kier alpha value is -1.28. The van der Waals surface area contributed by atoms with E-state index in [2.05, 4.69) is 55.6 Å². The molecule has 74 heavy (non-hydrogen) atoms. The maximum absolute atomic E-state index is 13.0. The van der Waals surface area contributed by atoms with Crippen LogP contribution in [-0.4, -0.2) is 73.4 Å². The number of amides is 1. The summed E-state index contributed by atoms with van der Waals surface area (Å²) in [5.41, 5.74) is 0. The molecule has 0 spiro atoms. The predicted octanol–water partition coefficient (Wildman–Crippen LogP) is 20.1. The molecule has 3 unspecified atom stereocenters. The van der Waals surface area contributed by atoms with E-state index in [4.69, 9.17) is 9.05 Å². The minimum atomic E-state index is -4.33. The van der Waals surface area contributed by atoms with Gasteiger partial charge in [0.1, 0.15) is 13.2 Å². The molecule has 0 rings (SSSR count). The van der Waals surface area contributed by atoms with Crippen molar-refractivity contribution in [1.82, 2.24) is 5.32 Å². The van der Waals surface area contributed by atoms with Crippen LogP contribution in [0.5, 0.6) is 0 Å². The molecule has 0 saturated heterocycles. The van der Waals surface area contributed by atoms with Gasteiger partial charge in [0, 0.05) is 6.42 Å². The Morgan fingerprint density at radius 1 is 0.459 bits per heavy atom. The lowest BCUT2D eigenvalue weighted by molar-refractivity contribution is -0.870. The molecule has 438 valence electrons. The number of nitrogens with one attached hydrogen (secondary N) is 1. The van der Waals surface area contributed by atoms with Gasteiger partial charge in [-0.1, -0.05) is 301 Å². The van der Waals surface area contributed by atoms with Gasteiger partial charge in [0.25, 0.3) is 0 Å². The van der Waals surface area contributed by atoms with Crippen molar-refractivity contribution in [3.63, 3.8) is 0 Å². The maximum atomic E-state index is 13.0. The molecule has 0 radical (unpaired) electrons. The fourth-order valence-electron chi connectivity index (χ4n) is 9.82. The van der Waals surface area contributed by atoms with Gasteiger partial charge in [-0.15, -0.1) is 0 Å². The molecule has 0 aliphatic rings. The Morgan fingerprint density at radius 3 is 1.12 bits per heavy atom. The van der Waals surface area contributed by atoms with Crippen molar-refractivity contribution in [2.24, 2.45) is 0 Å². The van der Waals surface area contributed by atoms with Crippen LogP contribution in [-0.2, 0) is 18.4 Å². The van der Waals surface area contributed by atoms with Crippen LogP contribution in [0.1, 0.15) is 322 Å². The van der Waals surface area contributed by atoms with Gasteiger partial charge in [-0.3, -0.25) is 13.8 Å². The van der Waals surface area contributed by atoms with Crippen LogP contribution < -0.4 is 5.32 Å². The summed E-state index contributed by atoms with van der Waals surface area (Å²) in [4.78, 5) is 23.4. The molecule has 0 aromatic heterocycles. The molecule has 0 fully saturated rings. The molecular formula is C65H128N2O6P+. The number of carbonyl (C=O) groups excluding carboxylic acids is 1. The number of rotatable bonds is 60. The standard InChI is InChI=1S/C65H127N2O6P/c1-6-8-10-12-14-16-18-20-22-24-26-28-29-30-31-32-33-34-35-36-37-39-40-42-44-46-48-50-52-54-56-58-64(68)63(62-73-74(70,71)72-61-60-67(3,4)5)66-65(69)59-57-55-53-51-49-47-45-43-41-38-27-25-23-21-19-17-15-13-11-9-7-2/h19,21,25,27,41,43,63-64,68H,6-18,20,22-24,26,28-40,42,44-62H2,1-5H3,(H-,66,69,70,71)/p+1/b21-19-,27-25-,43-41-. The minimum Gasteiger partial charge on any atom is -0.391 e. The van der Waals surface area contributed by atoms with Crippen LogP contribution in [0.4, 0.5) is 0 Å². The van der Waals surface area contributed by atoms with Crippen molar-refractivity contribution < 1.29 is 32.9 Å². The van der Waals surface area contributed by atoms with Crippen LogP contribution >= 0.6 is 7.82 Å². The van der Waals surface area contributed by atoms with E-state index in [1.54, 1.807) is 0 Å². The summed E-state index contributed by atoms with van der Waals surface area (Å²) in [5, 5.41) is 14.1. The lowest BCUT2D eigenvalue weighted by atomic mass is 10.0. The van der Waals surface area contributed by atoms with Crippen molar-refractivity contribution in [2.45, 2.75) is 334 Å². The Balaban J connectivity index is 4.07. The van der Waals surface area contributed by atoms with Crippen molar-refractivity contribution in [3.05, 3.63) is 36.5 Å². The second kappa shape index (κ2) is 56.4. The van der Waals surface area contributed by atoms with E-state index >= 15 is 0 Å². The molecule has 1 amide bonds. The van der Waals surface area contributed by atoms with E-state index in [9.17, 15) is 19.4 Å². The normalized spacial score (nSPS) is 14.0. The largest absolute Gasteiger partial charge is 0.472 e. The van der Waals surface area contributed by atoms with Crippen molar-refractivity contribution in [3.8, 4) is 0 Å². The Bertz CT molecular complexity index is 1300. The van der Waals surface area contributed by atoms with Gasteiger partial charge in [0.2, 0.25) is 5.91 Å². The van der Waals surface area contributed by atoms with Crippen molar-refractivity contribution in [1.29, 1.82) is 0 Å². The molecule has 0 aromatic carbocycles. The number of carbonyl (C=O) groups is 1. The number of hydrogen-bond acceptors (Lipinski definition) is 5. The molecule has 0 bridgehead atoms. The first-order valence-corrected chi connectivity index (χ1v) is 33.8. The maximum Gasteiger partial charge on any atom is 0.472 e. The third-order valence-electron chi connectivity index (χ3n) is 14.9. The molecule has 0 aliphatic heterocycles. The number of nitrogens with zero attached hydrogens (tertiary/aromatic N) is 1. The third kappa shape index (κ3) is 58.4. The zero-order valence-electron chi connectivity index (χ0n) is 50.1. The Kier molecular flexibility index (Phi) is 55.5. The monoisotopic (exact) mass is 1060 g/mol. The highest BCUT2D eigenvalue weighted by Gasteiger charge is 2.28. The highest BCUT2D eigenvalue weighted by molar-refractivity contribution is 7.47. The van der Waals surface area contributed by atoms with Crippen LogP contribution in [0.25, 0.3) is 0 Å². The van der Waals surface area contributed by atoms with Crippen LogP contribution in [0.3, 0.4) is 0 Å². The fourth-order valence-corrected chi connectivity index (χ4v) is 10.6. The van der Waals surface area contributed by atoms with Gasteiger partial charge < -0.3 is 19.8 Å². The lowest BCUT2D eigenvalue weighted by Crippen LogP contribution is -2.46. The first-order chi connectivity index (χ1) is 36.0. The number of likely N-dealkylation sites (N-methyl/N-ethyl adjacent to an activating group) is 1. The number of allylic oxidation sites excluding steroid dienone is 6. The Morgan fingerprint density at radius 2 is 0.770 bits per heavy atom. The van der Waals surface area contributed by atoms with Gasteiger partial charge in [-0.25, -0.2) is 4.57 Å². The SMILES string of the molecule is CCCCCCC/C=C\C/C=C\C/C=C\CCCCCCCCC(=O)NC(COP(=O)(O)OCC[N+](C)(C)C)C(O)CCCCCCCCCCCCCCCCCCCCCCCCCCCCCCCCC. The quantitative estimate of drug-likeness (QED) is 0.0243. The number of hydrogen-bond donors (Lipinski definition) is 3. The zero-order valence-corrected chi connectivity index (χ0v) is 51.0. The summed E-state index contributed by atoms with van der Waals surface area (Å²) in [5.74, 6) is -0.153. The number of aliphatic hydroxyl groups is 1. The minimum absolute atomic E-state index is 0.0719. The topological polar surface area (TPSA) is 105 Å². The summed E-state index contributed by atoms with van der Waals surface area (Å²) in [6, 6.07) is -0.770. The molecule has 8 nitrogen and oxygen atoms in total. The zero-order chi connectivity index (χ0) is 54.2. The summed E-state index contributed by atoms with van der Waals surface area (Å²) in [7, 11) is 1.61. The molecule has 0 aromatic rings. The van der Waals surface area contributed by atoms with E-state index in [-0.39, 0.29) is 19.1 Å². The fraction of sp³-hybridized carbons (Fsp3) is 0.892. The van der Waals surface area contributed by atoms with E-state index in [1.165, 1.54) is 231 Å².